The first-order valence-electron chi connectivity index (χ1n) is 11.8. The van der Waals surface area contributed by atoms with Crippen molar-refractivity contribution in [2.75, 3.05) is 27.9 Å². The molecule has 5 rings (SSSR count). The first-order chi connectivity index (χ1) is 18.7. The van der Waals surface area contributed by atoms with E-state index in [1.165, 1.54) is 39.5 Å². The molecule has 0 aliphatic rings. The topological polar surface area (TPSA) is 85.0 Å². The summed E-state index contributed by atoms with van der Waals surface area (Å²) in [7, 11) is 4.44. The van der Waals surface area contributed by atoms with Crippen LogP contribution in [0.4, 0.5) is 13.2 Å². The fourth-order valence-corrected chi connectivity index (χ4v) is 4.36. The molecule has 0 bridgehead atoms. The standard InChI is InChI=1S/C28H23F3N2O6/c1-35-24-12-16(13-25(36-2)26(24)37-3)22-15-21(34)18-9-8-17(14-23(18)39-22)38-11-10-33-20-7-5-4-6-19(20)32-27(33)28(29,30)31/h4-9,12-15H,10-11H2,1-3H3. The molecule has 0 fully saturated rings. The van der Waals surface area contributed by atoms with Gasteiger partial charge in [-0.15, -0.1) is 0 Å². The quantitative estimate of drug-likeness (QED) is 0.241. The van der Waals surface area contributed by atoms with Crippen LogP contribution in [0.25, 0.3) is 33.3 Å². The van der Waals surface area contributed by atoms with Crippen LogP contribution in [0.2, 0.25) is 0 Å². The molecule has 0 aliphatic carbocycles. The Balaban J connectivity index is 1.44. The van der Waals surface area contributed by atoms with Gasteiger partial charge in [0, 0.05) is 17.7 Å². The average Bonchev–Trinajstić information content (AvgIpc) is 3.31. The van der Waals surface area contributed by atoms with Gasteiger partial charge in [-0.2, -0.15) is 13.2 Å². The van der Waals surface area contributed by atoms with Crippen LogP contribution in [0, 0.1) is 0 Å². The van der Waals surface area contributed by atoms with Crippen molar-refractivity contribution in [2.24, 2.45) is 0 Å². The molecule has 5 aromatic rings. The third kappa shape index (κ3) is 4.95. The van der Waals surface area contributed by atoms with E-state index in [1.54, 1.807) is 42.5 Å². The number of nitrogens with zero attached hydrogens (tertiary/aromatic N) is 2. The van der Waals surface area contributed by atoms with Crippen LogP contribution in [0.15, 0.2) is 69.9 Å². The Hall–Kier alpha value is -4.67. The maximum Gasteiger partial charge on any atom is 0.449 e. The lowest BCUT2D eigenvalue weighted by atomic mass is 10.1. The molecule has 0 aliphatic heterocycles. The highest BCUT2D eigenvalue weighted by molar-refractivity contribution is 5.81. The smallest absolute Gasteiger partial charge is 0.449 e. The third-order valence-corrected chi connectivity index (χ3v) is 6.14. The van der Waals surface area contributed by atoms with E-state index in [4.69, 9.17) is 23.4 Å². The van der Waals surface area contributed by atoms with Crippen LogP contribution in [0.3, 0.4) is 0 Å². The van der Waals surface area contributed by atoms with Crippen LogP contribution in [-0.4, -0.2) is 37.5 Å². The van der Waals surface area contributed by atoms with Crippen molar-refractivity contribution in [3.8, 4) is 34.3 Å². The minimum Gasteiger partial charge on any atom is -0.493 e. The summed E-state index contributed by atoms with van der Waals surface area (Å²) in [6.07, 6.45) is -4.62. The zero-order valence-corrected chi connectivity index (χ0v) is 21.2. The van der Waals surface area contributed by atoms with Crippen molar-refractivity contribution >= 4 is 22.0 Å². The Bertz CT molecular complexity index is 1700. The molecule has 0 spiro atoms. The van der Waals surface area contributed by atoms with E-state index >= 15 is 0 Å². The van der Waals surface area contributed by atoms with Crippen molar-refractivity contribution in [2.45, 2.75) is 12.7 Å². The van der Waals surface area contributed by atoms with Crippen molar-refractivity contribution < 1.29 is 36.5 Å². The van der Waals surface area contributed by atoms with E-state index in [0.717, 1.165) is 4.57 Å². The number of aromatic nitrogens is 2. The van der Waals surface area contributed by atoms with E-state index in [0.29, 0.717) is 39.5 Å². The van der Waals surface area contributed by atoms with Crippen LogP contribution in [0.5, 0.6) is 23.0 Å². The predicted molar refractivity (Wildman–Crippen MR) is 138 cm³/mol. The fraction of sp³-hybridized carbons (Fsp3) is 0.214. The summed E-state index contributed by atoms with van der Waals surface area (Å²) in [5.41, 5.74) is 1.07. The summed E-state index contributed by atoms with van der Waals surface area (Å²) >= 11 is 0. The number of fused-ring (bicyclic) bond motifs is 2. The third-order valence-electron chi connectivity index (χ3n) is 6.14. The summed E-state index contributed by atoms with van der Waals surface area (Å²) < 4.78 is 69.7. The summed E-state index contributed by atoms with van der Waals surface area (Å²) in [6, 6.07) is 15.7. The normalized spacial score (nSPS) is 11.6. The van der Waals surface area contributed by atoms with Gasteiger partial charge in [-0.1, -0.05) is 12.1 Å². The second-order valence-electron chi connectivity index (χ2n) is 8.47. The van der Waals surface area contributed by atoms with Crippen LogP contribution >= 0.6 is 0 Å². The van der Waals surface area contributed by atoms with Gasteiger partial charge < -0.3 is 27.9 Å². The van der Waals surface area contributed by atoms with Gasteiger partial charge in [0.25, 0.3) is 0 Å². The maximum absolute atomic E-state index is 13.6. The van der Waals surface area contributed by atoms with E-state index in [9.17, 15) is 18.0 Å². The lowest BCUT2D eigenvalue weighted by Gasteiger charge is -2.14. The number of methoxy groups -OCH3 is 3. The average molecular weight is 540 g/mol. The van der Waals surface area contributed by atoms with Crippen molar-refractivity contribution in [1.29, 1.82) is 0 Å². The number of alkyl halides is 3. The molecule has 0 saturated carbocycles. The van der Waals surface area contributed by atoms with Gasteiger partial charge in [-0.25, -0.2) is 4.98 Å². The largest absolute Gasteiger partial charge is 0.493 e. The molecule has 0 unspecified atom stereocenters. The Morgan fingerprint density at radius 2 is 1.64 bits per heavy atom. The molecule has 0 N–H and O–H groups in total. The molecule has 0 saturated heterocycles. The van der Waals surface area contributed by atoms with E-state index < -0.39 is 12.0 Å². The summed E-state index contributed by atoms with van der Waals surface area (Å²) in [6.45, 7) is -0.172. The zero-order chi connectivity index (χ0) is 27.7. The van der Waals surface area contributed by atoms with Gasteiger partial charge in [0.15, 0.2) is 16.9 Å². The Morgan fingerprint density at radius 3 is 2.31 bits per heavy atom. The number of imidazole rings is 1. The minimum atomic E-state index is -4.62. The predicted octanol–water partition coefficient (Wildman–Crippen LogP) is 5.93. The lowest BCUT2D eigenvalue weighted by Crippen LogP contribution is -2.18. The first-order valence-corrected chi connectivity index (χ1v) is 11.8. The van der Waals surface area contributed by atoms with Gasteiger partial charge >= 0.3 is 6.18 Å². The van der Waals surface area contributed by atoms with Gasteiger partial charge in [0.05, 0.1) is 44.3 Å². The summed E-state index contributed by atoms with van der Waals surface area (Å²) in [5, 5.41) is 0.318. The fourth-order valence-electron chi connectivity index (χ4n) is 4.36. The molecule has 3 aromatic carbocycles. The van der Waals surface area contributed by atoms with Crippen molar-refractivity contribution in [1.82, 2.24) is 9.55 Å². The number of rotatable bonds is 8. The molecule has 0 radical (unpaired) electrons. The van der Waals surface area contributed by atoms with E-state index in [-0.39, 0.29) is 35.4 Å². The van der Waals surface area contributed by atoms with Crippen LogP contribution in [-0.2, 0) is 12.7 Å². The molecule has 11 heteroatoms. The molecule has 202 valence electrons. The van der Waals surface area contributed by atoms with Gasteiger partial charge in [-0.3, -0.25) is 4.79 Å². The van der Waals surface area contributed by atoms with Gasteiger partial charge in [0.2, 0.25) is 11.6 Å². The number of para-hydroxylation sites is 2. The number of hydrogen-bond donors (Lipinski definition) is 0. The van der Waals surface area contributed by atoms with E-state index in [2.05, 4.69) is 4.98 Å². The SMILES string of the molecule is COc1cc(-c2cc(=O)c3ccc(OCCn4c(C(F)(F)F)nc5ccccc54)cc3o2)cc(OC)c1OC. The number of hydrogen-bond acceptors (Lipinski definition) is 7. The van der Waals surface area contributed by atoms with Crippen molar-refractivity contribution in [3.05, 3.63) is 76.7 Å². The maximum atomic E-state index is 13.6. The zero-order valence-electron chi connectivity index (χ0n) is 21.2. The first kappa shape index (κ1) is 26.0. The van der Waals surface area contributed by atoms with Gasteiger partial charge in [0.1, 0.15) is 23.7 Å². The van der Waals surface area contributed by atoms with Crippen LogP contribution in [0.1, 0.15) is 5.82 Å². The molecule has 8 nitrogen and oxygen atoms in total. The van der Waals surface area contributed by atoms with E-state index in [1.807, 2.05) is 0 Å². The lowest BCUT2D eigenvalue weighted by molar-refractivity contribution is -0.147. The highest BCUT2D eigenvalue weighted by Crippen LogP contribution is 2.41. The second-order valence-corrected chi connectivity index (χ2v) is 8.47. The molecular weight excluding hydrogens is 517 g/mol. The summed E-state index contributed by atoms with van der Waals surface area (Å²) in [5.74, 6) is 0.747. The molecule has 2 aromatic heterocycles. The monoisotopic (exact) mass is 540 g/mol. The number of benzene rings is 3. The Labute approximate surface area is 220 Å². The highest BCUT2D eigenvalue weighted by atomic mass is 19.4. The molecular formula is C28H23F3N2O6. The minimum absolute atomic E-state index is 0.0776. The second kappa shape index (κ2) is 10.2. The summed E-state index contributed by atoms with van der Waals surface area (Å²) in [4.78, 5) is 16.6. The highest BCUT2D eigenvalue weighted by Gasteiger charge is 2.37. The van der Waals surface area contributed by atoms with Crippen LogP contribution < -0.4 is 24.4 Å². The Morgan fingerprint density at radius 1 is 0.923 bits per heavy atom. The molecule has 0 atom stereocenters. The number of ether oxygens (including phenoxy) is 4. The number of halogens is 3. The molecule has 0 amide bonds. The Kier molecular flexibility index (Phi) is 6.81. The van der Waals surface area contributed by atoms with Crippen molar-refractivity contribution in [3.63, 3.8) is 0 Å². The molecule has 2 heterocycles. The molecule has 39 heavy (non-hydrogen) atoms. The van der Waals surface area contributed by atoms with Gasteiger partial charge in [-0.05, 0) is 36.4 Å².